The fraction of sp³-hybridized carbons (Fsp3) is 0.889. The maximum atomic E-state index is 11.6. The number of rotatable bonds is 2. The molecular formula is C18H33NO3. The Hall–Kier alpha value is -1.06. The lowest BCUT2D eigenvalue weighted by Crippen LogP contribution is -2.32. The molecule has 4 nitrogen and oxygen atoms in total. The van der Waals surface area contributed by atoms with Gasteiger partial charge in [-0.2, -0.15) is 0 Å². The van der Waals surface area contributed by atoms with Gasteiger partial charge in [-0.3, -0.25) is 9.59 Å². The fourth-order valence-electron chi connectivity index (χ4n) is 3.68. The zero-order valence-electron chi connectivity index (χ0n) is 14.7. The van der Waals surface area contributed by atoms with Gasteiger partial charge in [-0.25, -0.2) is 0 Å². The van der Waals surface area contributed by atoms with Crippen molar-refractivity contribution < 1.29 is 14.7 Å². The molecule has 0 aromatic heterocycles. The molecule has 1 N–H and O–H groups in total. The standard InChI is InChI=1S/C10H19NO.C8H14O2/c1-8-5-4-6-9(7-8)10(12)11(2)3;1-6-3-2-4-7(5-6)8(9)10/h8-9H,4-7H2,1-3H3;6-7H,2-5H2,1H3,(H,9,10). The van der Waals surface area contributed by atoms with Crippen molar-refractivity contribution in [3.05, 3.63) is 0 Å². The molecule has 4 unspecified atom stereocenters. The van der Waals surface area contributed by atoms with Gasteiger partial charge in [-0.05, 0) is 37.5 Å². The predicted octanol–water partition coefficient (Wildman–Crippen LogP) is 3.80. The first-order chi connectivity index (χ1) is 10.3. The third-order valence-electron chi connectivity index (χ3n) is 5.01. The van der Waals surface area contributed by atoms with Crippen LogP contribution in [0.25, 0.3) is 0 Å². The Bertz CT molecular complexity index is 367. The van der Waals surface area contributed by atoms with E-state index >= 15 is 0 Å². The third-order valence-corrected chi connectivity index (χ3v) is 5.01. The lowest BCUT2D eigenvalue weighted by atomic mass is 9.82. The van der Waals surface area contributed by atoms with Crippen molar-refractivity contribution in [2.24, 2.45) is 23.7 Å². The number of carbonyl (C=O) groups is 2. The van der Waals surface area contributed by atoms with E-state index in [9.17, 15) is 9.59 Å². The van der Waals surface area contributed by atoms with Crippen molar-refractivity contribution in [2.45, 2.75) is 65.2 Å². The van der Waals surface area contributed by atoms with E-state index in [1.54, 1.807) is 4.90 Å². The highest BCUT2D eigenvalue weighted by atomic mass is 16.4. The summed E-state index contributed by atoms with van der Waals surface area (Å²) >= 11 is 0. The largest absolute Gasteiger partial charge is 0.481 e. The molecule has 2 aliphatic carbocycles. The van der Waals surface area contributed by atoms with Crippen LogP contribution in [-0.4, -0.2) is 36.0 Å². The average Bonchev–Trinajstić information content (AvgIpc) is 2.47. The normalized spacial score (nSPS) is 31.6. The van der Waals surface area contributed by atoms with Gasteiger partial charge in [-0.15, -0.1) is 0 Å². The zero-order valence-corrected chi connectivity index (χ0v) is 14.7. The van der Waals surface area contributed by atoms with E-state index in [1.807, 2.05) is 14.1 Å². The van der Waals surface area contributed by atoms with E-state index < -0.39 is 5.97 Å². The SMILES string of the molecule is CC1CCCC(C(=O)N(C)C)C1.CC1CCCC(C(=O)O)C1. The maximum Gasteiger partial charge on any atom is 0.306 e. The molecule has 0 aromatic carbocycles. The minimum atomic E-state index is -0.605. The van der Waals surface area contributed by atoms with Crippen LogP contribution < -0.4 is 0 Å². The number of nitrogens with zero attached hydrogens (tertiary/aromatic N) is 1. The molecule has 0 spiro atoms. The molecule has 22 heavy (non-hydrogen) atoms. The molecule has 0 heterocycles. The Morgan fingerprint density at radius 3 is 1.68 bits per heavy atom. The monoisotopic (exact) mass is 311 g/mol. The fourth-order valence-corrected chi connectivity index (χ4v) is 3.68. The summed E-state index contributed by atoms with van der Waals surface area (Å²) in [5, 5.41) is 8.66. The Morgan fingerprint density at radius 1 is 0.864 bits per heavy atom. The van der Waals surface area contributed by atoms with Crippen LogP contribution >= 0.6 is 0 Å². The molecule has 2 saturated carbocycles. The van der Waals surface area contributed by atoms with Crippen molar-refractivity contribution in [1.82, 2.24) is 4.90 Å². The summed E-state index contributed by atoms with van der Waals surface area (Å²) in [7, 11) is 3.70. The van der Waals surface area contributed by atoms with Gasteiger partial charge in [0.2, 0.25) is 5.91 Å². The van der Waals surface area contributed by atoms with Gasteiger partial charge in [-0.1, -0.05) is 39.5 Å². The van der Waals surface area contributed by atoms with E-state index in [2.05, 4.69) is 13.8 Å². The lowest BCUT2D eigenvalue weighted by Gasteiger charge is -2.27. The van der Waals surface area contributed by atoms with Gasteiger partial charge < -0.3 is 10.0 Å². The van der Waals surface area contributed by atoms with Crippen LogP contribution in [0, 0.1) is 23.7 Å². The quantitative estimate of drug-likeness (QED) is 0.844. The van der Waals surface area contributed by atoms with Crippen LogP contribution in [0.5, 0.6) is 0 Å². The number of hydrogen-bond acceptors (Lipinski definition) is 2. The van der Waals surface area contributed by atoms with Crippen LogP contribution in [0.15, 0.2) is 0 Å². The minimum Gasteiger partial charge on any atom is -0.481 e. The molecule has 4 heteroatoms. The maximum absolute atomic E-state index is 11.6. The van der Waals surface area contributed by atoms with Crippen molar-refractivity contribution in [2.75, 3.05) is 14.1 Å². The first-order valence-electron chi connectivity index (χ1n) is 8.75. The number of carboxylic acids is 1. The summed E-state index contributed by atoms with van der Waals surface area (Å²) in [6.07, 6.45) is 8.80. The Balaban J connectivity index is 0.000000224. The van der Waals surface area contributed by atoms with E-state index in [0.717, 1.165) is 38.0 Å². The molecule has 128 valence electrons. The van der Waals surface area contributed by atoms with Gasteiger partial charge in [0.25, 0.3) is 0 Å². The molecule has 0 aliphatic heterocycles. The predicted molar refractivity (Wildman–Crippen MR) is 88.6 cm³/mol. The van der Waals surface area contributed by atoms with E-state index in [-0.39, 0.29) is 5.92 Å². The van der Waals surface area contributed by atoms with Crippen LogP contribution in [0.2, 0.25) is 0 Å². The first-order valence-corrected chi connectivity index (χ1v) is 8.75. The molecule has 2 aliphatic rings. The Labute approximate surface area is 135 Å². The molecule has 0 aromatic rings. The number of carboxylic acid groups (broad SMARTS) is 1. The van der Waals surface area contributed by atoms with Crippen molar-refractivity contribution in [1.29, 1.82) is 0 Å². The number of amides is 1. The summed E-state index contributed by atoms with van der Waals surface area (Å²) in [5.41, 5.74) is 0. The van der Waals surface area contributed by atoms with Gasteiger partial charge in [0, 0.05) is 20.0 Å². The molecule has 2 rings (SSSR count). The van der Waals surface area contributed by atoms with Gasteiger partial charge in [0.05, 0.1) is 5.92 Å². The first kappa shape index (κ1) is 19.0. The van der Waals surface area contributed by atoms with Crippen LogP contribution in [-0.2, 0) is 9.59 Å². The lowest BCUT2D eigenvalue weighted by molar-refractivity contribution is -0.143. The van der Waals surface area contributed by atoms with Gasteiger partial charge in [0.15, 0.2) is 0 Å². The second-order valence-electron chi connectivity index (χ2n) is 7.51. The van der Waals surface area contributed by atoms with E-state index in [0.29, 0.717) is 17.7 Å². The zero-order chi connectivity index (χ0) is 16.7. The summed E-state index contributed by atoms with van der Waals surface area (Å²) in [4.78, 5) is 23.8. The topological polar surface area (TPSA) is 57.6 Å². The van der Waals surface area contributed by atoms with Crippen molar-refractivity contribution in [3.63, 3.8) is 0 Å². The van der Waals surface area contributed by atoms with Crippen LogP contribution in [0.1, 0.15) is 65.2 Å². The highest BCUT2D eigenvalue weighted by Gasteiger charge is 2.26. The smallest absolute Gasteiger partial charge is 0.306 e. The van der Waals surface area contributed by atoms with Gasteiger partial charge >= 0.3 is 5.97 Å². The number of carbonyl (C=O) groups excluding carboxylic acids is 1. The van der Waals surface area contributed by atoms with Gasteiger partial charge in [0.1, 0.15) is 0 Å². The average molecular weight is 311 g/mol. The summed E-state index contributed by atoms with van der Waals surface area (Å²) in [5.74, 6) is 1.34. The number of aliphatic carboxylic acids is 1. The van der Waals surface area contributed by atoms with Crippen LogP contribution in [0.4, 0.5) is 0 Å². The summed E-state index contributed by atoms with van der Waals surface area (Å²) in [6, 6.07) is 0. The number of hydrogen-bond donors (Lipinski definition) is 1. The summed E-state index contributed by atoms with van der Waals surface area (Å²) in [6.45, 7) is 4.38. The molecular weight excluding hydrogens is 278 g/mol. The van der Waals surface area contributed by atoms with Crippen LogP contribution in [0.3, 0.4) is 0 Å². The highest BCUT2D eigenvalue weighted by Crippen LogP contribution is 2.29. The molecule has 1 amide bonds. The Kier molecular flexibility index (Phi) is 7.91. The molecule has 0 radical (unpaired) electrons. The molecule has 2 fully saturated rings. The van der Waals surface area contributed by atoms with Crippen molar-refractivity contribution >= 4 is 11.9 Å². The minimum absolute atomic E-state index is 0.0521. The third kappa shape index (κ3) is 6.37. The summed E-state index contributed by atoms with van der Waals surface area (Å²) < 4.78 is 0. The second kappa shape index (κ2) is 9.16. The van der Waals surface area contributed by atoms with Crippen molar-refractivity contribution in [3.8, 4) is 0 Å². The highest BCUT2D eigenvalue weighted by molar-refractivity contribution is 5.78. The second-order valence-corrected chi connectivity index (χ2v) is 7.51. The van der Waals surface area contributed by atoms with E-state index in [1.165, 1.54) is 19.3 Å². The molecule has 4 atom stereocenters. The van der Waals surface area contributed by atoms with E-state index in [4.69, 9.17) is 5.11 Å². The Morgan fingerprint density at radius 2 is 1.32 bits per heavy atom. The molecule has 0 saturated heterocycles. The molecule has 0 bridgehead atoms.